The molecule has 88 valence electrons. The maximum atomic E-state index is 10.8. The Labute approximate surface area is 91.0 Å². The number of carbonyl (C=O) groups excluding carboxylic acids is 1. The van der Waals surface area contributed by atoms with Gasteiger partial charge in [0.2, 0.25) is 0 Å². The van der Waals surface area contributed by atoms with Crippen LogP contribution < -0.4 is 5.32 Å². The summed E-state index contributed by atoms with van der Waals surface area (Å²) in [5.74, 6) is 0.425. The summed E-state index contributed by atoms with van der Waals surface area (Å²) in [7, 11) is 1.36. The van der Waals surface area contributed by atoms with Crippen LogP contribution >= 0.6 is 0 Å². The van der Waals surface area contributed by atoms with Crippen molar-refractivity contribution in [3.05, 3.63) is 0 Å². The molecule has 0 amide bonds. The molecule has 0 aromatic heterocycles. The van der Waals surface area contributed by atoms with Crippen LogP contribution in [0.15, 0.2) is 0 Å². The molecule has 0 bridgehead atoms. The highest BCUT2D eigenvalue weighted by Crippen LogP contribution is 2.31. The van der Waals surface area contributed by atoms with Gasteiger partial charge in [-0.25, -0.2) is 0 Å². The van der Waals surface area contributed by atoms with Crippen LogP contribution in [0.5, 0.6) is 0 Å². The van der Waals surface area contributed by atoms with Crippen molar-refractivity contribution in [3.63, 3.8) is 0 Å². The molecule has 1 aliphatic rings. The smallest absolute Gasteiger partial charge is 0.319 e. The molecular formula is C11H21NO3. The molecule has 0 aromatic carbocycles. The third kappa shape index (κ3) is 4.18. The predicted octanol–water partition coefficient (Wildman–Crippen LogP) is 0.690. The summed E-state index contributed by atoms with van der Waals surface area (Å²) in [4.78, 5) is 10.8. The van der Waals surface area contributed by atoms with E-state index in [1.54, 1.807) is 0 Å². The number of esters is 1. The van der Waals surface area contributed by atoms with Crippen molar-refractivity contribution < 1.29 is 14.6 Å². The lowest BCUT2D eigenvalue weighted by Gasteiger charge is -2.34. The summed E-state index contributed by atoms with van der Waals surface area (Å²) >= 11 is 0. The van der Waals surface area contributed by atoms with Gasteiger partial charge in [-0.1, -0.05) is 6.92 Å². The molecule has 0 unspecified atom stereocenters. The van der Waals surface area contributed by atoms with Crippen molar-refractivity contribution in [2.24, 2.45) is 5.92 Å². The van der Waals surface area contributed by atoms with E-state index in [0.717, 1.165) is 25.7 Å². The molecule has 4 heteroatoms. The number of carbonyl (C=O) groups is 1. The van der Waals surface area contributed by atoms with E-state index in [1.165, 1.54) is 7.11 Å². The van der Waals surface area contributed by atoms with Gasteiger partial charge in [0.1, 0.15) is 0 Å². The molecule has 2 N–H and O–H groups in total. The minimum Gasteiger partial charge on any atom is -0.468 e. The highest BCUT2D eigenvalue weighted by Gasteiger charge is 2.31. The Kier molecular flexibility index (Phi) is 4.54. The highest BCUT2D eigenvalue weighted by atomic mass is 16.5. The van der Waals surface area contributed by atoms with Crippen molar-refractivity contribution in [3.8, 4) is 0 Å². The number of hydrogen-bond donors (Lipinski definition) is 2. The van der Waals surface area contributed by atoms with Crippen LogP contribution in [0.25, 0.3) is 0 Å². The minimum absolute atomic E-state index is 0.175. The van der Waals surface area contributed by atoms with E-state index in [4.69, 9.17) is 0 Å². The van der Waals surface area contributed by atoms with E-state index in [1.807, 2.05) is 0 Å². The Balaban J connectivity index is 2.22. The Morgan fingerprint density at radius 1 is 1.53 bits per heavy atom. The van der Waals surface area contributed by atoms with Gasteiger partial charge in [0.15, 0.2) is 0 Å². The molecule has 0 radical (unpaired) electrons. The van der Waals surface area contributed by atoms with E-state index in [9.17, 15) is 9.90 Å². The van der Waals surface area contributed by atoms with Crippen LogP contribution in [0.1, 0.15) is 32.6 Å². The molecule has 0 saturated heterocycles. The molecule has 1 saturated carbocycles. The molecule has 0 heterocycles. The second kappa shape index (κ2) is 5.47. The average Bonchev–Trinajstić information content (AvgIpc) is 2.23. The quantitative estimate of drug-likeness (QED) is 0.677. The molecule has 0 aliphatic heterocycles. The van der Waals surface area contributed by atoms with E-state index in [2.05, 4.69) is 17.0 Å². The summed E-state index contributed by atoms with van der Waals surface area (Å²) in [5.41, 5.74) is -0.624. The van der Waals surface area contributed by atoms with Gasteiger partial charge >= 0.3 is 5.97 Å². The van der Waals surface area contributed by atoms with Gasteiger partial charge < -0.3 is 15.2 Å². The van der Waals surface area contributed by atoms with E-state index in [0.29, 0.717) is 12.5 Å². The van der Waals surface area contributed by atoms with Crippen LogP contribution in [0.3, 0.4) is 0 Å². The van der Waals surface area contributed by atoms with Gasteiger partial charge in [-0.2, -0.15) is 0 Å². The van der Waals surface area contributed by atoms with E-state index < -0.39 is 5.60 Å². The van der Waals surface area contributed by atoms with Gasteiger partial charge in [0, 0.05) is 6.54 Å². The molecule has 1 aliphatic carbocycles. The van der Waals surface area contributed by atoms with Gasteiger partial charge in [-0.05, 0) is 31.6 Å². The summed E-state index contributed by atoms with van der Waals surface area (Å²) in [5, 5.41) is 13.1. The van der Waals surface area contributed by atoms with Crippen LogP contribution in [0.4, 0.5) is 0 Å². The molecule has 1 fully saturated rings. The van der Waals surface area contributed by atoms with Gasteiger partial charge in [-0.3, -0.25) is 4.79 Å². The fraction of sp³-hybridized carbons (Fsp3) is 0.909. The van der Waals surface area contributed by atoms with Crippen molar-refractivity contribution in [1.29, 1.82) is 0 Å². The number of rotatable bonds is 4. The zero-order chi connectivity index (χ0) is 11.3. The van der Waals surface area contributed by atoms with Gasteiger partial charge in [0.25, 0.3) is 0 Å². The number of ether oxygens (including phenoxy) is 1. The highest BCUT2D eigenvalue weighted by molar-refractivity contribution is 5.71. The Morgan fingerprint density at radius 2 is 2.13 bits per heavy atom. The van der Waals surface area contributed by atoms with Crippen molar-refractivity contribution in [1.82, 2.24) is 5.32 Å². The zero-order valence-corrected chi connectivity index (χ0v) is 9.58. The molecule has 0 spiro atoms. The van der Waals surface area contributed by atoms with Crippen LogP contribution in [-0.4, -0.2) is 36.9 Å². The van der Waals surface area contributed by atoms with Crippen molar-refractivity contribution in [2.45, 2.75) is 38.2 Å². The lowest BCUT2D eigenvalue weighted by Crippen LogP contribution is -2.44. The summed E-state index contributed by atoms with van der Waals surface area (Å²) < 4.78 is 4.51. The number of nitrogens with one attached hydrogen (secondary N) is 1. The lowest BCUT2D eigenvalue weighted by molar-refractivity contribution is -0.139. The first kappa shape index (κ1) is 12.5. The SMILES string of the molecule is COC(=O)CNCC1(O)CCC(C)CC1. The molecule has 0 aromatic rings. The standard InChI is InChI=1S/C11H21NO3/c1-9-3-5-11(14,6-4-9)8-12-7-10(13)15-2/h9,12,14H,3-8H2,1-2H3. The zero-order valence-electron chi connectivity index (χ0n) is 9.58. The summed E-state index contributed by atoms with van der Waals surface area (Å²) in [6, 6.07) is 0. The molecule has 0 atom stereocenters. The fourth-order valence-electron chi connectivity index (χ4n) is 1.95. The van der Waals surface area contributed by atoms with Crippen molar-refractivity contribution in [2.75, 3.05) is 20.2 Å². The Morgan fingerprint density at radius 3 is 2.67 bits per heavy atom. The van der Waals surface area contributed by atoms with Gasteiger partial charge in [-0.15, -0.1) is 0 Å². The first-order valence-corrected chi connectivity index (χ1v) is 5.56. The predicted molar refractivity (Wildman–Crippen MR) is 57.5 cm³/mol. The monoisotopic (exact) mass is 215 g/mol. The fourth-order valence-corrected chi connectivity index (χ4v) is 1.95. The second-order valence-electron chi connectivity index (χ2n) is 4.59. The maximum absolute atomic E-state index is 10.8. The third-order valence-electron chi connectivity index (χ3n) is 3.16. The molecule has 1 rings (SSSR count). The summed E-state index contributed by atoms with van der Waals surface area (Å²) in [6.07, 6.45) is 3.78. The largest absolute Gasteiger partial charge is 0.468 e. The number of methoxy groups -OCH3 is 1. The Hall–Kier alpha value is -0.610. The lowest BCUT2D eigenvalue weighted by atomic mass is 9.79. The third-order valence-corrected chi connectivity index (χ3v) is 3.16. The second-order valence-corrected chi connectivity index (χ2v) is 4.59. The molecule has 4 nitrogen and oxygen atoms in total. The number of hydrogen-bond acceptors (Lipinski definition) is 4. The summed E-state index contributed by atoms with van der Waals surface area (Å²) in [6.45, 7) is 2.87. The van der Waals surface area contributed by atoms with E-state index in [-0.39, 0.29) is 12.5 Å². The van der Waals surface area contributed by atoms with Crippen LogP contribution in [0.2, 0.25) is 0 Å². The first-order valence-electron chi connectivity index (χ1n) is 5.56. The normalized spacial score (nSPS) is 31.3. The first-order chi connectivity index (χ1) is 7.06. The minimum atomic E-state index is -0.624. The number of aliphatic hydroxyl groups is 1. The van der Waals surface area contributed by atoms with Gasteiger partial charge in [0.05, 0.1) is 19.3 Å². The Bertz CT molecular complexity index is 210. The van der Waals surface area contributed by atoms with Crippen molar-refractivity contribution >= 4 is 5.97 Å². The van der Waals surface area contributed by atoms with E-state index >= 15 is 0 Å². The van der Waals surface area contributed by atoms with Crippen LogP contribution in [-0.2, 0) is 9.53 Å². The molecular weight excluding hydrogens is 194 g/mol. The average molecular weight is 215 g/mol. The van der Waals surface area contributed by atoms with Crippen LogP contribution in [0, 0.1) is 5.92 Å². The maximum Gasteiger partial charge on any atom is 0.319 e. The topological polar surface area (TPSA) is 58.6 Å². The molecule has 15 heavy (non-hydrogen) atoms.